The van der Waals surface area contributed by atoms with Crippen molar-refractivity contribution >= 4 is 17.6 Å². The Bertz CT molecular complexity index is 742. The number of hydrogen-bond acceptors (Lipinski definition) is 5. The molecule has 6 nitrogen and oxygen atoms in total. The predicted octanol–water partition coefficient (Wildman–Crippen LogP) is 2.32. The molecule has 0 aliphatic heterocycles. The fourth-order valence-electron chi connectivity index (χ4n) is 1.94. The number of halogens is 1. The fraction of sp³-hybridized carbons (Fsp3) is 0.176. The molecular weight excluding hydrogens is 313 g/mol. The van der Waals surface area contributed by atoms with Gasteiger partial charge in [0.1, 0.15) is 11.5 Å². The van der Waals surface area contributed by atoms with Crippen molar-refractivity contribution in [3.05, 3.63) is 60.2 Å². The number of anilines is 1. The van der Waals surface area contributed by atoms with Gasteiger partial charge in [0, 0.05) is 18.4 Å². The van der Waals surface area contributed by atoms with Crippen LogP contribution in [0.2, 0.25) is 0 Å². The molecule has 0 aliphatic rings. The van der Waals surface area contributed by atoms with E-state index in [1.165, 1.54) is 41.4 Å². The summed E-state index contributed by atoms with van der Waals surface area (Å²) in [5, 5.41) is 8.71. The van der Waals surface area contributed by atoms with Crippen molar-refractivity contribution in [1.29, 1.82) is 5.26 Å². The van der Waals surface area contributed by atoms with Gasteiger partial charge in [-0.05, 0) is 36.4 Å². The van der Waals surface area contributed by atoms with Gasteiger partial charge in [-0.2, -0.15) is 5.26 Å². The van der Waals surface area contributed by atoms with Gasteiger partial charge in [-0.1, -0.05) is 6.07 Å². The number of hydrogen-bond donors (Lipinski definition) is 0. The van der Waals surface area contributed by atoms with Crippen molar-refractivity contribution in [3.8, 4) is 6.07 Å². The molecule has 2 rings (SSSR count). The summed E-state index contributed by atoms with van der Waals surface area (Å²) in [6.07, 6.45) is 1.54. The van der Waals surface area contributed by atoms with Crippen LogP contribution in [0.1, 0.15) is 16.9 Å². The average molecular weight is 327 g/mol. The van der Waals surface area contributed by atoms with Crippen molar-refractivity contribution in [1.82, 2.24) is 4.98 Å². The average Bonchev–Trinajstić information content (AvgIpc) is 2.62. The van der Waals surface area contributed by atoms with Crippen molar-refractivity contribution in [2.75, 3.05) is 18.1 Å². The van der Waals surface area contributed by atoms with E-state index in [9.17, 15) is 14.0 Å². The van der Waals surface area contributed by atoms with E-state index in [2.05, 4.69) is 4.98 Å². The number of amides is 1. The number of nitrogens with zero attached hydrogens (tertiary/aromatic N) is 3. The molecule has 2 aromatic rings. The maximum atomic E-state index is 13.0. The van der Waals surface area contributed by atoms with Gasteiger partial charge in [-0.3, -0.25) is 4.79 Å². The highest BCUT2D eigenvalue weighted by Crippen LogP contribution is 2.16. The van der Waals surface area contributed by atoms with E-state index < -0.39 is 24.3 Å². The van der Waals surface area contributed by atoms with Gasteiger partial charge in [0.15, 0.2) is 6.61 Å². The number of benzene rings is 1. The summed E-state index contributed by atoms with van der Waals surface area (Å²) in [6, 6.07) is 12.0. The van der Waals surface area contributed by atoms with Crippen LogP contribution < -0.4 is 4.90 Å². The van der Waals surface area contributed by atoms with Crippen LogP contribution in [0.3, 0.4) is 0 Å². The van der Waals surface area contributed by atoms with Crippen LogP contribution >= 0.6 is 0 Å². The van der Waals surface area contributed by atoms with Crippen LogP contribution in [0.5, 0.6) is 0 Å². The molecule has 1 heterocycles. The fourth-order valence-corrected chi connectivity index (χ4v) is 1.94. The van der Waals surface area contributed by atoms with E-state index in [4.69, 9.17) is 10.00 Å². The van der Waals surface area contributed by atoms with Gasteiger partial charge >= 0.3 is 5.97 Å². The number of aromatic nitrogens is 1. The van der Waals surface area contributed by atoms with Crippen molar-refractivity contribution in [3.63, 3.8) is 0 Å². The number of carbonyl (C=O) groups excluding carboxylic acids is 2. The number of carbonyl (C=O) groups is 2. The number of nitriles is 1. The van der Waals surface area contributed by atoms with Gasteiger partial charge in [-0.15, -0.1) is 0 Å². The number of ether oxygens (including phenoxy) is 1. The predicted molar refractivity (Wildman–Crippen MR) is 83.5 cm³/mol. The number of pyridine rings is 1. The minimum Gasteiger partial charge on any atom is -0.451 e. The number of rotatable bonds is 6. The lowest BCUT2D eigenvalue weighted by molar-refractivity contribution is -0.121. The van der Waals surface area contributed by atoms with Gasteiger partial charge in [0.25, 0.3) is 5.91 Å². The SMILES string of the molecule is N#CCCN(C(=O)COC(=O)c1ccccn1)c1ccc(F)cc1. The summed E-state index contributed by atoms with van der Waals surface area (Å²) in [7, 11) is 0. The van der Waals surface area contributed by atoms with Crippen molar-refractivity contribution in [2.24, 2.45) is 0 Å². The van der Waals surface area contributed by atoms with Gasteiger partial charge < -0.3 is 9.64 Å². The van der Waals surface area contributed by atoms with Crippen LogP contribution in [0.4, 0.5) is 10.1 Å². The Labute approximate surface area is 138 Å². The third-order valence-corrected chi connectivity index (χ3v) is 3.09. The molecule has 122 valence electrons. The third kappa shape index (κ3) is 4.61. The van der Waals surface area contributed by atoms with E-state index in [0.29, 0.717) is 5.69 Å². The zero-order valence-corrected chi connectivity index (χ0v) is 12.7. The minimum atomic E-state index is -0.719. The first-order valence-corrected chi connectivity index (χ1v) is 7.13. The molecular formula is C17H14FN3O3. The van der Waals surface area contributed by atoms with E-state index in [0.717, 1.165) is 0 Å². The lowest BCUT2D eigenvalue weighted by atomic mass is 10.2. The molecule has 0 atom stereocenters. The summed E-state index contributed by atoms with van der Waals surface area (Å²) in [5.74, 6) is -1.67. The maximum absolute atomic E-state index is 13.0. The first kappa shape index (κ1) is 17.1. The van der Waals surface area contributed by atoms with Crippen molar-refractivity contribution < 1.29 is 18.7 Å². The summed E-state index contributed by atoms with van der Waals surface area (Å²) in [6.45, 7) is -0.389. The van der Waals surface area contributed by atoms with E-state index in [-0.39, 0.29) is 18.7 Å². The van der Waals surface area contributed by atoms with Crippen LogP contribution in [0.25, 0.3) is 0 Å². The summed E-state index contributed by atoms with van der Waals surface area (Å²) in [4.78, 5) is 29.2. The Morgan fingerprint density at radius 2 is 1.96 bits per heavy atom. The van der Waals surface area contributed by atoms with Crippen LogP contribution in [-0.4, -0.2) is 30.0 Å². The lowest BCUT2D eigenvalue weighted by Gasteiger charge is -2.21. The zero-order valence-electron chi connectivity index (χ0n) is 12.7. The standard InChI is InChI=1S/C17H14FN3O3/c18-13-5-7-14(8-6-13)21(11-3-9-19)16(22)12-24-17(23)15-4-1-2-10-20-15/h1-2,4-8,10H,3,11-12H2. The molecule has 0 saturated carbocycles. The first-order valence-electron chi connectivity index (χ1n) is 7.13. The molecule has 0 fully saturated rings. The highest BCUT2D eigenvalue weighted by atomic mass is 19.1. The van der Waals surface area contributed by atoms with E-state index in [1.807, 2.05) is 6.07 Å². The van der Waals surface area contributed by atoms with E-state index in [1.54, 1.807) is 12.1 Å². The topological polar surface area (TPSA) is 83.3 Å². The zero-order chi connectivity index (χ0) is 17.4. The normalized spacial score (nSPS) is 9.83. The molecule has 0 aliphatic carbocycles. The van der Waals surface area contributed by atoms with Gasteiger partial charge in [0.2, 0.25) is 0 Å². The number of esters is 1. The van der Waals surface area contributed by atoms with Crippen LogP contribution in [-0.2, 0) is 9.53 Å². The minimum absolute atomic E-state index is 0.0932. The maximum Gasteiger partial charge on any atom is 0.357 e. The van der Waals surface area contributed by atoms with Gasteiger partial charge in [-0.25, -0.2) is 14.2 Å². The molecule has 7 heteroatoms. The second-order valence-corrected chi connectivity index (χ2v) is 4.72. The Morgan fingerprint density at radius 3 is 2.58 bits per heavy atom. The first-order chi connectivity index (χ1) is 11.6. The molecule has 0 unspecified atom stereocenters. The van der Waals surface area contributed by atoms with Gasteiger partial charge in [0.05, 0.1) is 12.5 Å². The summed E-state index contributed by atoms with van der Waals surface area (Å²) in [5.41, 5.74) is 0.515. The van der Waals surface area contributed by atoms with Crippen molar-refractivity contribution in [2.45, 2.75) is 6.42 Å². The van der Waals surface area contributed by atoms with E-state index >= 15 is 0 Å². The highest BCUT2D eigenvalue weighted by Gasteiger charge is 2.18. The molecule has 24 heavy (non-hydrogen) atoms. The quantitative estimate of drug-likeness (QED) is 0.760. The molecule has 0 spiro atoms. The smallest absolute Gasteiger partial charge is 0.357 e. The molecule has 0 radical (unpaired) electrons. The molecule has 1 aromatic heterocycles. The summed E-state index contributed by atoms with van der Waals surface area (Å²) < 4.78 is 18.0. The summed E-state index contributed by atoms with van der Waals surface area (Å²) >= 11 is 0. The third-order valence-electron chi connectivity index (χ3n) is 3.09. The molecule has 1 amide bonds. The molecule has 0 bridgehead atoms. The van der Waals surface area contributed by atoms with Crippen LogP contribution in [0, 0.1) is 17.1 Å². The molecule has 1 aromatic carbocycles. The second-order valence-electron chi connectivity index (χ2n) is 4.72. The second kappa shape index (κ2) is 8.39. The molecule has 0 saturated heterocycles. The largest absolute Gasteiger partial charge is 0.451 e. The van der Waals surface area contributed by atoms with Crippen LogP contribution in [0.15, 0.2) is 48.7 Å². The Hall–Kier alpha value is -3.27. The Balaban J connectivity index is 2.03. The molecule has 0 N–H and O–H groups in total. The lowest BCUT2D eigenvalue weighted by Crippen LogP contribution is -2.35. The Kier molecular flexibility index (Phi) is 5.97. The highest BCUT2D eigenvalue weighted by molar-refractivity contribution is 5.96. The Morgan fingerprint density at radius 1 is 1.21 bits per heavy atom. The monoisotopic (exact) mass is 327 g/mol.